The minimum Gasteiger partial charge on any atom is -0.477 e. The Balaban J connectivity index is 2.32. The average Bonchev–Trinajstić information content (AvgIpc) is 2.85. The molecule has 4 nitrogen and oxygen atoms in total. The summed E-state index contributed by atoms with van der Waals surface area (Å²) in [6, 6.07) is 7.85. The van der Waals surface area contributed by atoms with E-state index in [2.05, 4.69) is 4.98 Å². The summed E-state index contributed by atoms with van der Waals surface area (Å²) >= 11 is 1.24. The van der Waals surface area contributed by atoms with Gasteiger partial charge in [-0.05, 0) is 12.0 Å². The zero-order chi connectivity index (χ0) is 14.5. The van der Waals surface area contributed by atoms with Crippen LogP contribution in [0.4, 0.5) is 0 Å². The second-order valence-corrected chi connectivity index (χ2v) is 5.48. The summed E-state index contributed by atoms with van der Waals surface area (Å²) in [4.78, 5) is 16.1. The molecule has 0 aliphatic heterocycles. The van der Waals surface area contributed by atoms with Gasteiger partial charge in [0.25, 0.3) is 0 Å². The van der Waals surface area contributed by atoms with Crippen molar-refractivity contribution in [2.24, 2.45) is 0 Å². The predicted octanol–water partition coefficient (Wildman–Crippen LogP) is 3.61. The predicted molar refractivity (Wildman–Crippen MR) is 79.2 cm³/mol. The molecule has 0 radical (unpaired) electrons. The van der Waals surface area contributed by atoms with Gasteiger partial charge in [-0.15, -0.1) is 11.3 Å². The fourth-order valence-electron chi connectivity index (χ4n) is 1.96. The number of nitrogens with zero attached hydrogens (tertiary/aromatic N) is 1. The number of thiazole rings is 1. The molecule has 1 N–H and O–H groups in total. The number of hydrogen-bond donors (Lipinski definition) is 1. The topological polar surface area (TPSA) is 59.4 Å². The van der Waals surface area contributed by atoms with E-state index < -0.39 is 5.97 Å². The molecule has 1 aromatic carbocycles. The molecule has 1 heterocycles. The van der Waals surface area contributed by atoms with Gasteiger partial charge in [-0.2, -0.15) is 0 Å². The van der Waals surface area contributed by atoms with E-state index in [9.17, 15) is 9.90 Å². The number of ether oxygens (including phenoxy) is 1. The van der Waals surface area contributed by atoms with Gasteiger partial charge in [-0.25, -0.2) is 9.78 Å². The normalized spacial score (nSPS) is 10.7. The summed E-state index contributed by atoms with van der Waals surface area (Å²) < 4.78 is 5.07. The summed E-state index contributed by atoms with van der Waals surface area (Å²) in [5.74, 6) is -0.895. The third kappa shape index (κ3) is 3.23. The summed E-state index contributed by atoms with van der Waals surface area (Å²) in [7, 11) is 1.66. The number of aromatic carboxylic acids is 1. The van der Waals surface area contributed by atoms with Crippen molar-refractivity contribution in [2.75, 3.05) is 7.11 Å². The maximum absolute atomic E-state index is 11.2. The summed E-state index contributed by atoms with van der Waals surface area (Å²) in [6.45, 7) is 2.59. The number of methoxy groups -OCH3 is 1. The van der Waals surface area contributed by atoms with Gasteiger partial charge in [-0.3, -0.25) is 0 Å². The van der Waals surface area contributed by atoms with Crippen LogP contribution in [-0.2, 0) is 17.8 Å². The van der Waals surface area contributed by atoms with Gasteiger partial charge in [0.1, 0.15) is 9.88 Å². The van der Waals surface area contributed by atoms with E-state index in [1.165, 1.54) is 11.3 Å². The van der Waals surface area contributed by atoms with Crippen LogP contribution in [0.2, 0.25) is 0 Å². The minimum atomic E-state index is -0.895. The Morgan fingerprint density at radius 3 is 2.60 bits per heavy atom. The number of carboxylic acid groups (broad SMARTS) is 1. The monoisotopic (exact) mass is 291 g/mol. The fraction of sp³-hybridized carbons (Fsp3) is 0.333. The first kappa shape index (κ1) is 14.7. The number of rotatable bonds is 6. The Morgan fingerprint density at radius 1 is 1.35 bits per heavy atom. The number of aryl methyl sites for hydroxylation is 1. The highest BCUT2D eigenvalue weighted by atomic mass is 32.1. The van der Waals surface area contributed by atoms with Crippen LogP contribution in [0.5, 0.6) is 0 Å². The van der Waals surface area contributed by atoms with Crippen LogP contribution < -0.4 is 0 Å². The molecular weight excluding hydrogens is 274 g/mol. The van der Waals surface area contributed by atoms with Crippen molar-refractivity contribution in [3.05, 3.63) is 40.4 Å². The van der Waals surface area contributed by atoms with Gasteiger partial charge in [0.15, 0.2) is 0 Å². The molecular formula is C15H17NO3S. The molecule has 0 saturated heterocycles. The number of carboxylic acids is 1. The van der Waals surface area contributed by atoms with E-state index in [-0.39, 0.29) is 0 Å². The SMILES string of the molecule is CCCc1nc(-c2ccc(COC)cc2)sc1C(=O)O. The Labute approximate surface area is 122 Å². The average molecular weight is 291 g/mol. The Bertz CT molecular complexity index is 590. The lowest BCUT2D eigenvalue weighted by molar-refractivity contribution is 0.0700. The molecule has 0 aliphatic carbocycles. The smallest absolute Gasteiger partial charge is 0.347 e. The summed E-state index contributed by atoms with van der Waals surface area (Å²) in [5.41, 5.74) is 2.71. The summed E-state index contributed by atoms with van der Waals surface area (Å²) in [5, 5.41) is 9.98. The molecule has 20 heavy (non-hydrogen) atoms. The van der Waals surface area contributed by atoms with Gasteiger partial charge in [0, 0.05) is 12.7 Å². The molecule has 5 heteroatoms. The van der Waals surface area contributed by atoms with E-state index in [4.69, 9.17) is 4.74 Å². The largest absolute Gasteiger partial charge is 0.477 e. The highest BCUT2D eigenvalue weighted by Gasteiger charge is 2.17. The molecule has 1 aromatic heterocycles. The Kier molecular flexibility index (Phi) is 4.87. The first-order chi connectivity index (χ1) is 9.65. The van der Waals surface area contributed by atoms with Gasteiger partial charge in [-0.1, -0.05) is 37.6 Å². The van der Waals surface area contributed by atoms with Crippen molar-refractivity contribution in [1.29, 1.82) is 0 Å². The number of benzene rings is 1. The van der Waals surface area contributed by atoms with Crippen molar-refractivity contribution in [3.63, 3.8) is 0 Å². The minimum absolute atomic E-state index is 0.350. The molecule has 0 amide bonds. The van der Waals surface area contributed by atoms with Crippen molar-refractivity contribution in [2.45, 2.75) is 26.4 Å². The van der Waals surface area contributed by atoms with Crippen LogP contribution in [0.15, 0.2) is 24.3 Å². The van der Waals surface area contributed by atoms with E-state index in [0.29, 0.717) is 23.6 Å². The number of aromatic nitrogens is 1. The molecule has 0 fully saturated rings. The lowest BCUT2D eigenvalue weighted by Gasteiger charge is -2.00. The van der Waals surface area contributed by atoms with E-state index in [1.54, 1.807) is 7.11 Å². The van der Waals surface area contributed by atoms with E-state index in [0.717, 1.165) is 22.6 Å². The Hall–Kier alpha value is -1.72. The lowest BCUT2D eigenvalue weighted by atomic mass is 10.1. The Morgan fingerprint density at radius 2 is 2.05 bits per heavy atom. The molecule has 2 aromatic rings. The van der Waals surface area contributed by atoms with Gasteiger partial charge in [0.2, 0.25) is 0 Å². The highest BCUT2D eigenvalue weighted by Crippen LogP contribution is 2.29. The van der Waals surface area contributed by atoms with Crippen LogP contribution in [0.1, 0.15) is 34.3 Å². The van der Waals surface area contributed by atoms with Gasteiger partial charge in [0.05, 0.1) is 12.3 Å². The third-order valence-corrected chi connectivity index (χ3v) is 4.02. The maximum Gasteiger partial charge on any atom is 0.347 e. The number of carbonyl (C=O) groups is 1. The fourth-order valence-corrected chi connectivity index (χ4v) is 2.91. The van der Waals surface area contributed by atoms with Crippen molar-refractivity contribution < 1.29 is 14.6 Å². The van der Waals surface area contributed by atoms with Crippen LogP contribution in [0.3, 0.4) is 0 Å². The standard InChI is InChI=1S/C15H17NO3S/c1-3-4-12-13(15(17)18)20-14(16-12)11-7-5-10(6-8-11)9-19-2/h5-8H,3-4,9H2,1-2H3,(H,17,18). The van der Waals surface area contributed by atoms with Crippen LogP contribution in [0.25, 0.3) is 10.6 Å². The van der Waals surface area contributed by atoms with E-state index >= 15 is 0 Å². The molecule has 2 rings (SSSR count). The molecule has 0 bridgehead atoms. The number of hydrogen-bond acceptors (Lipinski definition) is 4. The molecule has 0 spiro atoms. The van der Waals surface area contributed by atoms with E-state index in [1.807, 2.05) is 31.2 Å². The molecule has 0 aliphatic rings. The van der Waals surface area contributed by atoms with Crippen LogP contribution in [0, 0.1) is 0 Å². The zero-order valence-corrected chi connectivity index (χ0v) is 12.4. The second kappa shape index (κ2) is 6.63. The highest BCUT2D eigenvalue weighted by molar-refractivity contribution is 7.17. The first-order valence-corrected chi connectivity index (χ1v) is 7.28. The quantitative estimate of drug-likeness (QED) is 0.883. The maximum atomic E-state index is 11.2. The van der Waals surface area contributed by atoms with Gasteiger partial charge < -0.3 is 9.84 Å². The van der Waals surface area contributed by atoms with Crippen LogP contribution in [-0.4, -0.2) is 23.2 Å². The van der Waals surface area contributed by atoms with Crippen molar-refractivity contribution in [3.8, 4) is 10.6 Å². The van der Waals surface area contributed by atoms with Crippen molar-refractivity contribution >= 4 is 17.3 Å². The van der Waals surface area contributed by atoms with Crippen LogP contribution >= 0.6 is 11.3 Å². The second-order valence-electron chi connectivity index (χ2n) is 4.48. The first-order valence-electron chi connectivity index (χ1n) is 6.47. The third-order valence-electron chi connectivity index (χ3n) is 2.89. The molecule has 0 atom stereocenters. The van der Waals surface area contributed by atoms with Gasteiger partial charge >= 0.3 is 5.97 Å². The summed E-state index contributed by atoms with van der Waals surface area (Å²) in [6.07, 6.45) is 1.58. The molecule has 106 valence electrons. The van der Waals surface area contributed by atoms with Crippen molar-refractivity contribution in [1.82, 2.24) is 4.98 Å². The zero-order valence-electron chi connectivity index (χ0n) is 11.5. The molecule has 0 unspecified atom stereocenters. The molecule has 0 saturated carbocycles. The lowest BCUT2D eigenvalue weighted by Crippen LogP contribution is -1.98.